The van der Waals surface area contributed by atoms with Crippen molar-refractivity contribution in [3.05, 3.63) is 29.8 Å². The van der Waals surface area contributed by atoms with E-state index >= 15 is 0 Å². The summed E-state index contributed by atoms with van der Waals surface area (Å²) >= 11 is 0. The van der Waals surface area contributed by atoms with Gasteiger partial charge in [-0.3, -0.25) is 0 Å². The third-order valence-corrected chi connectivity index (χ3v) is 3.76. The molecule has 2 heteroatoms. The first-order valence-corrected chi connectivity index (χ1v) is 8.55. The van der Waals surface area contributed by atoms with Crippen LogP contribution in [0.3, 0.4) is 0 Å². The van der Waals surface area contributed by atoms with E-state index in [2.05, 4.69) is 58.1 Å². The van der Waals surface area contributed by atoms with Crippen molar-refractivity contribution in [2.75, 3.05) is 0 Å². The van der Waals surface area contributed by atoms with E-state index in [1.54, 1.807) is 0 Å². The molecule has 21 heavy (non-hydrogen) atoms. The average Bonchev–Trinajstić information content (AvgIpc) is 2.43. The maximum Gasteiger partial charge on any atom is 0.120 e. The second kappa shape index (κ2) is 9.83. The molecule has 0 radical (unpaired) electrons. The van der Waals surface area contributed by atoms with Crippen molar-refractivity contribution in [3.63, 3.8) is 0 Å². The van der Waals surface area contributed by atoms with Crippen LogP contribution in [0, 0.1) is 0 Å². The Labute approximate surface area is 131 Å². The van der Waals surface area contributed by atoms with Gasteiger partial charge in [0.15, 0.2) is 0 Å². The molecule has 0 aliphatic rings. The van der Waals surface area contributed by atoms with Gasteiger partial charge in [0.25, 0.3) is 0 Å². The number of rotatable bonds is 10. The summed E-state index contributed by atoms with van der Waals surface area (Å²) in [6, 6.07) is 9.37. The molecule has 2 nitrogen and oxygen atoms in total. The molecular weight excluding hydrogens is 258 g/mol. The number of hydrogen-bond acceptors (Lipinski definition) is 2. The fourth-order valence-corrected chi connectivity index (χ4v) is 2.61. The summed E-state index contributed by atoms with van der Waals surface area (Å²) in [6.45, 7) is 10.9. The van der Waals surface area contributed by atoms with Gasteiger partial charge in [-0.05, 0) is 51.8 Å². The molecule has 1 aromatic carbocycles. The topological polar surface area (TPSA) is 21.3 Å². The molecule has 0 fully saturated rings. The summed E-state index contributed by atoms with van der Waals surface area (Å²) in [5.41, 5.74) is 1.30. The Bertz CT molecular complexity index is 389. The number of benzene rings is 1. The molecule has 0 saturated heterocycles. The minimum Gasteiger partial charge on any atom is -0.491 e. The van der Waals surface area contributed by atoms with E-state index in [9.17, 15) is 0 Å². The quantitative estimate of drug-likeness (QED) is 0.576. The van der Waals surface area contributed by atoms with Gasteiger partial charge < -0.3 is 10.1 Å². The minimum absolute atomic E-state index is 0.223. The zero-order valence-electron chi connectivity index (χ0n) is 14.5. The van der Waals surface area contributed by atoms with Gasteiger partial charge in [0, 0.05) is 12.1 Å². The summed E-state index contributed by atoms with van der Waals surface area (Å²) in [5.74, 6) is 0.965. The molecule has 0 aliphatic heterocycles. The Morgan fingerprint density at radius 2 is 1.81 bits per heavy atom. The number of nitrogens with one attached hydrogen (secondary N) is 1. The lowest BCUT2D eigenvalue weighted by Crippen LogP contribution is -2.28. The lowest BCUT2D eigenvalue weighted by molar-refractivity contribution is 0.242. The highest BCUT2D eigenvalue weighted by Crippen LogP contribution is 2.21. The predicted molar refractivity (Wildman–Crippen MR) is 92.0 cm³/mol. The predicted octanol–water partition coefficient (Wildman–Crippen LogP) is 5.48. The van der Waals surface area contributed by atoms with E-state index in [-0.39, 0.29) is 6.10 Å². The highest BCUT2D eigenvalue weighted by molar-refractivity contribution is 5.30. The first-order chi connectivity index (χ1) is 10.0. The van der Waals surface area contributed by atoms with Crippen LogP contribution in [-0.2, 0) is 0 Å². The molecule has 0 bridgehead atoms. The first kappa shape index (κ1) is 18.0. The van der Waals surface area contributed by atoms with Gasteiger partial charge >= 0.3 is 0 Å². The van der Waals surface area contributed by atoms with Crippen molar-refractivity contribution in [2.24, 2.45) is 0 Å². The molecule has 0 aliphatic carbocycles. The second-order valence-corrected chi connectivity index (χ2v) is 6.38. The Kier molecular flexibility index (Phi) is 8.44. The van der Waals surface area contributed by atoms with Gasteiger partial charge in [-0.15, -0.1) is 0 Å². The summed E-state index contributed by atoms with van der Waals surface area (Å²) in [6.07, 6.45) is 6.82. The molecule has 0 saturated carbocycles. The van der Waals surface area contributed by atoms with Crippen LogP contribution in [0.2, 0.25) is 0 Å². The van der Waals surface area contributed by atoms with Gasteiger partial charge in [-0.25, -0.2) is 0 Å². The Morgan fingerprint density at radius 3 is 2.48 bits per heavy atom. The van der Waals surface area contributed by atoms with Gasteiger partial charge in [0.1, 0.15) is 5.75 Å². The van der Waals surface area contributed by atoms with Crippen molar-refractivity contribution in [3.8, 4) is 5.75 Å². The molecular formula is C19H33NO. The lowest BCUT2D eigenvalue weighted by atomic mass is 10.0. The molecule has 120 valence electrons. The van der Waals surface area contributed by atoms with Crippen LogP contribution in [0.15, 0.2) is 24.3 Å². The van der Waals surface area contributed by atoms with Crippen LogP contribution in [0.5, 0.6) is 5.75 Å². The van der Waals surface area contributed by atoms with Gasteiger partial charge in [0.05, 0.1) is 6.10 Å². The average molecular weight is 291 g/mol. The summed E-state index contributed by atoms with van der Waals surface area (Å²) < 4.78 is 5.77. The summed E-state index contributed by atoms with van der Waals surface area (Å²) in [7, 11) is 0. The SMILES string of the molecule is CCCCCCC(C)NC(C)c1cccc(OC(C)C)c1. The van der Waals surface area contributed by atoms with E-state index in [0.29, 0.717) is 12.1 Å². The van der Waals surface area contributed by atoms with Gasteiger partial charge in [-0.2, -0.15) is 0 Å². The van der Waals surface area contributed by atoms with Crippen LogP contribution in [0.25, 0.3) is 0 Å². The molecule has 0 amide bonds. The third-order valence-electron chi connectivity index (χ3n) is 3.76. The van der Waals surface area contributed by atoms with E-state index < -0.39 is 0 Å². The standard InChI is InChI=1S/C19H33NO/c1-6-7-8-9-11-16(4)20-17(5)18-12-10-13-19(14-18)21-15(2)3/h10,12-17,20H,6-9,11H2,1-5H3. The van der Waals surface area contributed by atoms with Crippen LogP contribution in [-0.4, -0.2) is 12.1 Å². The minimum atomic E-state index is 0.223. The third kappa shape index (κ3) is 7.52. The van der Waals surface area contributed by atoms with E-state index in [1.807, 2.05) is 6.07 Å². The summed E-state index contributed by atoms with van der Waals surface area (Å²) in [5, 5.41) is 3.70. The first-order valence-electron chi connectivity index (χ1n) is 8.55. The molecule has 2 unspecified atom stereocenters. The van der Waals surface area contributed by atoms with E-state index in [4.69, 9.17) is 4.74 Å². The van der Waals surface area contributed by atoms with Crippen molar-refractivity contribution < 1.29 is 4.74 Å². The largest absolute Gasteiger partial charge is 0.491 e. The Morgan fingerprint density at radius 1 is 1.05 bits per heavy atom. The van der Waals surface area contributed by atoms with Gasteiger partial charge in [0.2, 0.25) is 0 Å². The summed E-state index contributed by atoms with van der Waals surface area (Å²) in [4.78, 5) is 0. The van der Waals surface area contributed by atoms with Crippen molar-refractivity contribution in [1.82, 2.24) is 5.32 Å². The second-order valence-electron chi connectivity index (χ2n) is 6.38. The highest BCUT2D eigenvalue weighted by Gasteiger charge is 2.10. The normalized spacial score (nSPS) is 14.2. The molecule has 1 N–H and O–H groups in total. The molecule has 1 aromatic rings. The molecule has 0 aromatic heterocycles. The van der Waals surface area contributed by atoms with Crippen LogP contribution >= 0.6 is 0 Å². The zero-order valence-corrected chi connectivity index (χ0v) is 14.5. The zero-order chi connectivity index (χ0) is 15.7. The number of ether oxygens (including phenoxy) is 1. The van der Waals surface area contributed by atoms with Crippen LogP contribution in [0.1, 0.15) is 78.3 Å². The van der Waals surface area contributed by atoms with Crippen molar-refractivity contribution in [2.45, 2.75) is 84.9 Å². The number of hydrogen-bond donors (Lipinski definition) is 1. The molecule has 1 rings (SSSR count). The monoisotopic (exact) mass is 291 g/mol. The molecule has 2 atom stereocenters. The maximum atomic E-state index is 5.77. The molecule has 0 spiro atoms. The highest BCUT2D eigenvalue weighted by atomic mass is 16.5. The van der Waals surface area contributed by atoms with E-state index in [0.717, 1.165) is 5.75 Å². The Hall–Kier alpha value is -1.02. The smallest absolute Gasteiger partial charge is 0.120 e. The maximum absolute atomic E-state index is 5.77. The van der Waals surface area contributed by atoms with Gasteiger partial charge in [-0.1, -0.05) is 44.7 Å². The number of unbranched alkanes of at least 4 members (excludes halogenated alkanes) is 3. The van der Waals surface area contributed by atoms with Crippen molar-refractivity contribution in [1.29, 1.82) is 0 Å². The lowest BCUT2D eigenvalue weighted by Gasteiger charge is -2.21. The fraction of sp³-hybridized carbons (Fsp3) is 0.684. The van der Waals surface area contributed by atoms with Crippen LogP contribution < -0.4 is 10.1 Å². The van der Waals surface area contributed by atoms with E-state index in [1.165, 1.54) is 37.7 Å². The Balaban J connectivity index is 2.45. The fourth-order valence-electron chi connectivity index (χ4n) is 2.61. The van der Waals surface area contributed by atoms with Crippen LogP contribution in [0.4, 0.5) is 0 Å². The van der Waals surface area contributed by atoms with Crippen molar-refractivity contribution >= 4 is 0 Å². The molecule has 0 heterocycles.